The highest BCUT2D eigenvalue weighted by Gasteiger charge is 2.44. The molecule has 3 aromatic carbocycles. The van der Waals surface area contributed by atoms with Crippen molar-refractivity contribution in [2.24, 2.45) is 0 Å². The Morgan fingerprint density at radius 3 is 2.49 bits per heavy atom. The van der Waals surface area contributed by atoms with Crippen LogP contribution in [0.2, 0.25) is 0 Å². The van der Waals surface area contributed by atoms with Crippen molar-refractivity contribution in [2.45, 2.75) is 26.3 Å². The lowest BCUT2D eigenvalue weighted by atomic mass is 9.78. The molecule has 5 nitrogen and oxygen atoms in total. The monoisotopic (exact) mass is 492 g/mol. The SMILES string of the molecule is COC(=O)C1=C(C)NC2=C(C(=O)c3ccccc32)[C@H]1c1c(C)n(Cc2cccc(F)c2)c2ccccc12. The van der Waals surface area contributed by atoms with Gasteiger partial charge >= 0.3 is 5.97 Å². The first-order valence-corrected chi connectivity index (χ1v) is 12.2. The van der Waals surface area contributed by atoms with Crippen LogP contribution in [-0.2, 0) is 16.1 Å². The van der Waals surface area contributed by atoms with Crippen LogP contribution in [0.4, 0.5) is 4.39 Å². The van der Waals surface area contributed by atoms with Crippen LogP contribution in [0, 0.1) is 12.7 Å². The Hall–Kier alpha value is -4.45. The number of rotatable bonds is 4. The zero-order valence-corrected chi connectivity index (χ0v) is 20.8. The largest absolute Gasteiger partial charge is 0.466 e. The molecule has 2 heterocycles. The van der Waals surface area contributed by atoms with E-state index in [9.17, 15) is 14.0 Å². The second kappa shape index (κ2) is 8.59. The Labute approximate surface area is 213 Å². The van der Waals surface area contributed by atoms with Gasteiger partial charge in [0.25, 0.3) is 0 Å². The maximum atomic E-state index is 14.0. The van der Waals surface area contributed by atoms with Crippen LogP contribution in [0.1, 0.15) is 45.6 Å². The fourth-order valence-corrected chi connectivity index (χ4v) is 5.84. The van der Waals surface area contributed by atoms with E-state index >= 15 is 0 Å². The van der Waals surface area contributed by atoms with Crippen molar-refractivity contribution in [3.8, 4) is 0 Å². The minimum Gasteiger partial charge on any atom is -0.466 e. The highest BCUT2D eigenvalue weighted by atomic mass is 19.1. The topological polar surface area (TPSA) is 60.3 Å². The lowest BCUT2D eigenvalue weighted by molar-refractivity contribution is -0.136. The smallest absolute Gasteiger partial charge is 0.336 e. The molecule has 0 unspecified atom stereocenters. The molecule has 6 heteroatoms. The molecule has 184 valence electrons. The van der Waals surface area contributed by atoms with Crippen molar-refractivity contribution in [1.29, 1.82) is 0 Å². The number of ether oxygens (including phenoxy) is 1. The number of nitrogens with one attached hydrogen (secondary N) is 1. The summed E-state index contributed by atoms with van der Waals surface area (Å²) in [5.41, 5.74) is 7.35. The first kappa shape index (κ1) is 23.0. The van der Waals surface area contributed by atoms with Gasteiger partial charge < -0.3 is 14.6 Å². The molecular weight excluding hydrogens is 467 g/mol. The molecule has 0 spiro atoms. The molecule has 0 radical (unpaired) electrons. The Balaban J connectivity index is 1.62. The molecule has 1 aliphatic carbocycles. The molecule has 6 rings (SSSR count). The number of para-hydroxylation sites is 1. The number of nitrogens with zero attached hydrogens (tertiary/aromatic N) is 1. The van der Waals surface area contributed by atoms with Crippen LogP contribution in [-0.4, -0.2) is 23.4 Å². The van der Waals surface area contributed by atoms with Gasteiger partial charge in [0, 0.05) is 45.5 Å². The number of halogens is 1. The fraction of sp³-hybridized carbons (Fsp3) is 0.161. The number of fused-ring (bicyclic) bond motifs is 3. The third-order valence-electron chi connectivity index (χ3n) is 7.45. The highest BCUT2D eigenvalue weighted by Crippen LogP contribution is 2.49. The van der Waals surface area contributed by atoms with Crippen molar-refractivity contribution in [3.63, 3.8) is 0 Å². The molecule has 1 N–H and O–H groups in total. The summed E-state index contributed by atoms with van der Waals surface area (Å²) in [7, 11) is 1.36. The van der Waals surface area contributed by atoms with E-state index in [1.54, 1.807) is 6.07 Å². The molecular formula is C31H25FN2O3. The van der Waals surface area contributed by atoms with Gasteiger partial charge in [-0.25, -0.2) is 9.18 Å². The Kier molecular flexibility index (Phi) is 5.33. The van der Waals surface area contributed by atoms with E-state index in [0.717, 1.165) is 39.0 Å². The summed E-state index contributed by atoms with van der Waals surface area (Å²) in [5.74, 6) is -1.49. The van der Waals surface area contributed by atoms with Crippen LogP contribution in [0.5, 0.6) is 0 Å². The number of hydrogen-bond donors (Lipinski definition) is 1. The molecule has 0 bridgehead atoms. The van der Waals surface area contributed by atoms with Crippen molar-refractivity contribution in [3.05, 3.63) is 123 Å². The first-order valence-electron chi connectivity index (χ1n) is 12.2. The number of methoxy groups -OCH3 is 1. The molecule has 2 aliphatic rings. The number of dihydropyridines is 1. The molecule has 0 saturated heterocycles. The lowest BCUT2D eigenvalue weighted by Crippen LogP contribution is -2.29. The molecule has 0 amide bonds. The van der Waals surface area contributed by atoms with Gasteiger partial charge in [0.05, 0.1) is 24.3 Å². The summed E-state index contributed by atoms with van der Waals surface area (Å²) in [6.45, 7) is 4.29. The number of allylic oxidation sites excluding steroid dienone is 2. The zero-order chi connectivity index (χ0) is 25.8. The van der Waals surface area contributed by atoms with E-state index in [0.29, 0.717) is 29.0 Å². The summed E-state index contributed by atoms with van der Waals surface area (Å²) < 4.78 is 21.3. The number of aromatic nitrogens is 1. The predicted molar refractivity (Wildman–Crippen MR) is 140 cm³/mol. The fourth-order valence-electron chi connectivity index (χ4n) is 5.84. The maximum absolute atomic E-state index is 14.0. The van der Waals surface area contributed by atoms with Gasteiger partial charge in [0.2, 0.25) is 0 Å². The van der Waals surface area contributed by atoms with Gasteiger partial charge in [-0.15, -0.1) is 0 Å². The van der Waals surface area contributed by atoms with E-state index in [1.165, 1.54) is 19.2 Å². The zero-order valence-electron chi connectivity index (χ0n) is 20.8. The summed E-state index contributed by atoms with van der Waals surface area (Å²) in [6.07, 6.45) is 0. The number of esters is 1. The molecule has 1 atom stereocenters. The molecule has 1 aromatic heterocycles. The van der Waals surface area contributed by atoms with Gasteiger partial charge in [0.15, 0.2) is 5.78 Å². The summed E-state index contributed by atoms with van der Waals surface area (Å²) in [4.78, 5) is 27.0. The second-order valence-corrected chi connectivity index (χ2v) is 9.48. The second-order valence-electron chi connectivity index (χ2n) is 9.48. The maximum Gasteiger partial charge on any atom is 0.336 e. The van der Waals surface area contributed by atoms with E-state index in [2.05, 4.69) is 9.88 Å². The number of benzene rings is 3. The predicted octanol–water partition coefficient (Wildman–Crippen LogP) is 5.88. The average molecular weight is 493 g/mol. The number of carbonyl (C=O) groups excluding carboxylic acids is 2. The first-order chi connectivity index (χ1) is 17.9. The van der Waals surface area contributed by atoms with Crippen molar-refractivity contribution in [1.82, 2.24) is 9.88 Å². The van der Waals surface area contributed by atoms with Crippen LogP contribution >= 0.6 is 0 Å². The van der Waals surface area contributed by atoms with Gasteiger partial charge in [-0.3, -0.25) is 4.79 Å². The van der Waals surface area contributed by atoms with Gasteiger partial charge in [-0.05, 0) is 43.2 Å². The average Bonchev–Trinajstić information content (AvgIpc) is 3.34. The van der Waals surface area contributed by atoms with Crippen molar-refractivity contribution < 1.29 is 18.7 Å². The number of hydrogen-bond acceptors (Lipinski definition) is 4. The van der Waals surface area contributed by atoms with E-state index in [1.807, 2.05) is 68.4 Å². The standard InChI is InChI=1S/C31H25FN2O3/c1-17-25(31(36)37-3)27(28-29(33-17)21-11-4-5-12-22(21)30(28)35)26-18(2)34(24-14-7-6-13-23(24)26)16-19-9-8-10-20(32)15-19/h4-15,27,33H,16H2,1-3H3/t27-/m1/s1. The third-order valence-corrected chi connectivity index (χ3v) is 7.45. The van der Waals surface area contributed by atoms with Crippen LogP contribution in [0.15, 0.2) is 89.6 Å². The number of ketones is 1. The van der Waals surface area contributed by atoms with E-state index in [4.69, 9.17) is 4.74 Å². The summed E-state index contributed by atoms with van der Waals surface area (Å²) >= 11 is 0. The molecule has 4 aromatic rings. The number of Topliss-reactive ketones (excluding diaryl/α,β-unsaturated/α-hetero) is 1. The normalized spacial score (nSPS) is 16.6. The summed E-state index contributed by atoms with van der Waals surface area (Å²) in [5, 5.41) is 4.28. The highest BCUT2D eigenvalue weighted by molar-refractivity contribution is 6.23. The Morgan fingerprint density at radius 1 is 1.00 bits per heavy atom. The van der Waals surface area contributed by atoms with Crippen molar-refractivity contribution >= 4 is 28.4 Å². The quantitative estimate of drug-likeness (QED) is 0.362. The van der Waals surface area contributed by atoms with Crippen LogP contribution in [0.3, 0.4) is 0 Å². The van der Waals surface area contributed by atoms with E-state index in [-0.39, 0.29) is 11.6 Å². The Bertz CT molecular complexity index is 1690. The van der Waals surface area contributed by atoms with Gasteiger partial charge in [-0.1, -0.05) is 54.6 Å². The summed E-state index contributed by atoms with van der Waals surface area (Å²) in [6, 6.07) is 22.0. The molecule has 0 saturated carbocycles. The third kappa shape index (κ3) is 3.44. The van der Waals surface area contributed by atoms with Crippen molar-refractivity contribution in [2.75, 3.05) is 7.11 Å². The minimum absolute atomic E-state index is 0.0987. The molecule has 1 aliphatic heterocycles. The number of carbonyl (C=O) groups is 2. The van der Waals surface area contributed by atoms with Gasteiger partial charge in [-0.2, -0.15) is 0 Å². The molecule has 37 heavy (non-hydrogen) atoms. The van der Waals surface area contributed by atoms with E-state index < -0.39 is 11.9 Å². The van der Waals surface area contributed by atoms with Crippen LogP contribution in [0.25, 0.3) is 16.6 Å². The molecule has 0 fully saturated rings. The minimum atomic E-state index is -0.623. The Morgan fingerprint density at radius 2 is 1.73 bits per heavy atom. The lowest BCUT2D eigenvalue weighted by Gasteiger charge is -2.29. The van der Waals surface area contributed by atoms with Crippen LogP contribution < -0.4 is 5.32 Å². The van der Waals surface area contributed by atoms with Gasteiger partial charge in [0.1, 0.15) is 5.82 Å².